The van der Waals surface area contributed by atoms with Crippen molar-refractivity contribution >= 4 is 23.3 Å². The largest absolute Gasteiger partial charge is 0.506 e. The fourth-order valence-electron chi connectivity index (χ4n) is 2.65. The molecule has 0 aliphatic rings. The SMILES string of the molecule is Cc1oncc1/C(O)=C(\C#N)C(=O)Nc1ccc(C(=O)NCc2ccccc2)cc1. The summed E-state index contributed by atoms with van der Waals surface area (Å²) < 4.78 is 4.84. The molecular weight excluding hydrogens is 384 g/mol. The lowest BCUT2D eigenvalue weighted by atomic mass is 10.1. The predicted octanol–water partition coefficient (Wildman–Crippen LogP) is 3.34. The maximum absolute atomic E-state index is 12.4. The van der Waals surface area contributed by atoms with Crippen LogP contribution in [0.4, 0.5) is 5.69 Å². The molecule has 0 fully saturated rings. The summed E-state index contributed by atoms with van der Waals surface area (Å²) in [6, 6.07) is 17.4. The molecule has 1 heterocycles. The Labute approximate surface area is 172 Å². The number of anilines is 1. The van der Waals surface area contributed by atoms with Crippen LogP contribution in [-0.2, 0) is 11.3 Å². The van der Waals surface area contributed by atoms with Gasteiger partial charge in [0, 0.05) is 17.8 Å². The topological polar surface area (TPSA) is 128 Å². The molecule has 3 aromatic rings. The maximum atomic E-state index is 12.4. The fourth-order valence-corrected chi connectivity index (χ4v) is 2.65. The van der Waals surface area contributed by atoms with Crippen molar-refractivity contribution in [1.82, 2.24) is 10.5 Å². The Morgan fingerprint density at radius 2 is 1.83 bits per heavy atom. The van der Waals surface area contributed by atoms with Gasteiger partial charge in [0.2, 0.25) is 0 Å². The van der Waals surface area contributed by atoms with E-state index in [1.807, 2.05) is 30.3 Å². The monoisotopic (exact) mass is 402 g/mol. The zero-order chi connectivity index (χ0) is 21.5. The van der Waals surface area contributed by atoms with Crippen molar-refractivity contribution in [2.24, 2.45) is 0 Å². The molecule has 150 valence electrons. The Hall–Kier alpha value is -4.38. The van der Waals surface area contributed by atoms with Crippen molar-refractivity contribution in [2.75, 3.05) is 5.32 Å². The Balaban J connectivity index is 1.66. The number of nitrogens with one attached hydrogen (secondary N) is 2. The molecule has 3 N–H and O–H groups in total. The third-order valence-electron chi connectivity index (χ3n) is 4.28. The van der Waals surface area contributed by atoms with Gasteiger partial charge in [-0.25, -0.2) is 0 Å². The highest BCUT2D eigenvalue weighted by atomic mass is 16.5. The number of hydrogen-bond acceptors (Lipinski definition) is 6. The van der Waals surface area contributed by atoms with Crippen LogP contribution in [0.2, 0.25) is 0 Å². The first-order valence-electron chi connectivity index (χ1n) is 8.98. The van der Waals surface area contributed by atoms with E-state index >= 15 is 0 Å². The molecule has 0 radical (unpaired) electrons. The second-order valence-corrected chi connectivity index (χ2v) is 6.33. The minimum absolute atomic E-state index is 0.159. The lowest BCUT2D eigenvalue weighted by Crippen LogP contribution is -2.22. The molecule has 0 bridgehead atoms. The number of hydrogen-bond donors (Lipinski definition) is 3. The molecule has 0 saturated carbocycles. The first kappa shape index (κ1) is 20.4. The number of carbonyl (C=O) groups is 2. The molecule has 8 heteroatoms. The van der Waals surface area contributed by atoms with E-state index in [1.54, 1.807) is 25.1 Å². The van der Waals surface area contributed by atoms with Gasteiger partial charge in [-0.15, -0.1) is 0 Å². The smallest absolute Gasteiger partial charge is 0.270 e. The van der Waals surface area contributed by atoms with Gasteiger partial charge < -0.3 is 20.3 Å². The number of nitrogens with zero attached hydrogens (tertiary/aromatic N) is 2. The van der Waals surface area contributed by atoms with Crippen LogP contribution in [-0.4, -0.2) is 22.1 Å². The Morgan fingerprint density at radius 1 is 1.13 bits per heavy atom. The third-order valence-corrected chi connectivity index (χ3v) is 4.28. The average Bonchev–Trinajstić information content (AvgIpc) is 3.19. The zero-order valence-corrected chi connectivity index (χ0v) is 16.0. The number of carbonyl (C=O) groups excluding carboxylic acids is 2. The van der Waals surface area contributed by atoms with E-state index in [0.29, 0.717) is 17.8 Å². The van der Waals surface area contributed by atoms with Gasteiger partial charge in [-0.1, -0.05) is 35.5 Å². The van der Waals surface area contributed by atoms with E-state index in [1.165, 1.54) is 18.3 Å². The molecule has 1 aromatic heterocycles. The van der Waals surface area contributed by atoms with Crippen LogP contribution in [0.1, 0.15) is 27.2 Å². The van der Waals surface area contributed by atoms with E-state index in [9.17, 15) is 20.0 Å². The Morgan fingerprint density at radius 3 is 2.43 bits per heavy atom. The summed E-state index contributed by atoms with van der Waals surface area (Å²) in [6.07, 6.45) is 1.22. The fraction of sp³-hybridized carbons (Fsp3) is 0.0909. The summed E-state index contributed by atoms with van der Waals surface area (Å²) in [5.41, 5.74) is 1.44. The van der Waals surface area contributed by atoms with Gasteiger partial charge in [-0.05, 0) is 36.8 Å². The molecule has 0 atom stereocenters. The van der Waals surface area contributed by atoms with Gasteiger partial charge in [0.15, 0.2) is 11.3 Å². The summed E-state index contributed by atoms with van der Waals surface area (Å²) in [4.78, 5) is 24.6. The van der Waals surface area contributed by atoms with Gasteiger partial charge in [-0.2, -0.15) is 5.26 Å². The van der Waals surface area contributed by atoms with E-state index in [4.69, 9.17) is 4.52 Å². The van der Waals surface area contributed by atoms with Gasteiger partial charge >= 0.3 is 0 Å². The zero-order valence-electron chi connectivity index (χ0n) is 16.0. The number of benzene rings is 2. The lowest BCUT2D eigenvalue weighted by Gasteiger charge is -2.08. The first-order valence-corrected chi connectivity index (χ1v) is 8.98. The molecule has 0 unspecified atom stereocenters. The number of aryl methyl sites for hydroxylation is 1. The summed E-state index contributed by atoms with van der Waals surface area (Å²) >= 11 is 0. The molecule has 0 aliphatic heterocycles. The number of amides is 2. The van der Waals surface area contributed by atoms with E-state index in [2.05, 4.69) is 15.8 Å². The van der Waals surface area contributed by atoms with Crippen molar-refractivity contribution < 1.29 is 19.2 Å². The lowest BCUT2D eigenvalue weighted by molar-refractivity contribution is -0.112. The molecule has 0 spiro atoms. The van der Waals surface area contributed by atoms with Gasteiger partial charge in [-0.3, -0.25) is 9.59 Å². The third kappa shape index (κ3) is 4.72. The van der Waals surface area contributed by atoms with Crippen LogP contribution in [0.5, 0.6) is 0 Å². The van der Waals surface area contributed by atoms with Crippen molar-refractivity contribution in [2.45, 2.75) is 13.5 Å². The first-order chi connectivity index (χ1) is 14.5. The molecule has 30 heavy (non-hydrogen) atoms. The second kappa shape index (κ2) is 9.21. The molecular formula is C22H18N4O4. The molecule has 2 amide bonds. The van der Waals surface area contributed by atoms with Crippen molar-refractivity contribution in [1.29, 1.82) is 5.26 Å². The number of nitriles is 1. The van der Waals surface area contributed by atoms with Crippen LogP contribution < -0.4 is 10.6 Å². The number of aliphatic hydroxyl groups is 1. The summed E-state index contributed by atoms with van der Waals surface area (Å²) in [7, 11) is 0. The normalized spacial score (nSPS) is 11.2. The predicted molar refractivity (Wildman–Crippen MR) is 109 cm³/mol. The molecule has 0 saturated heterocycles. The molecule has 2 aromatic carbocycles. The highest BCUT2D eigenvalue weighted by Gasteiger charge is 2.20. The van der Waals surface area contributed by atoms with Crippen LogP contribution >= 0.6 is 0 Å². The molecule has 0 aliphatic carbocycles. The van der Waals surface area contributed by atoms with Crippen molar-refractivity contribution in [3.8, 4) is 6.07 Å². The highest BCUT2D eigenvalue weighted by Crippen LogP contribution is 2.20. The Bertz CT molecular complexity index is 1130. The second-order valence-electron chi connectivity index (χ2n) is 6.33. The van der Waals surface area contributed by atoms with Crippen molar-refractivity contribution in [3.05, 3.63) is 88.8 Å². The van der Waals surface area contributed by atoms with Gasteiger partial charge in [0.05, 0.1) is 11.8 Å². The molecule has 3 rings (SSSR count). The highest BCUT2D eigenvalue weighted by molar-refractivity contribution is 6.11. The molecule has 8 nitrogen and oxygen atoms in total. The van der Waals surface area contributed by atoms with Crippen molar-refractivity contribution in [3.63, 3.8) is 0 Å². The van der Waals surface area contributed by atoms with E-state index in [-0.39, 0.29) is 17.2 Å². The summed E-state index contributed by atoms with van der Waals surface area (Å²) in [5.74, 6) is -1.30. The van der Waals surface area contributed by atoms with E-state index < -0.39 is 17.2 Å². The quantitative estimate of drug-likeness (QED) is 0.329. The standard InChI is InChI=1S/C22H18N4O4/c1-14-19(13-25-30-14)20(27)18(11-23)22(29)26-17-9-7-16(8-10-17)21(28)24-12-15-5-3-2-4-6-15/h2-10,13,27H,12H2,1H3,(H,24,28)(H,26,29)/b20-18-. The number of rotatable bonds is 6. The maximum Gasteiger partial charge on any atom is 0.270 e. The minimum atomic E-state index is -0.795. The van der Waals surface area contributed by atoms with Crippen LogP contribution in [0.15, 0.2) is 70.9 Å². The van der Waals surface area contributed by atoms with Gasteiger partial charge in [0.1, 0.15) is 11.8 Å². The van der Waals surface area contributed by atoms with E-state index in [0.717, 1.165) is 5.56 Å². The Kier molecular flexibility index (Phi) is 6.25. The van der Waals surface area contributed by atoms with Crippen LogP contribution in [0.25, 0.3) is 5.76 Å². The number of aromatic nitrogens is 1. The average molecular weight is 402 g/mol. The van der Waals surface area contributed by atoms with Gasteiger partial charge in [0.25, 0.3) is 11.8 Å². The summed E-state index contributed by atoms with van der Waals surface area (Å²) in [6.45, 7) is 1.95. The minimum Gasteiger partial charge on any atom is -0.506 e. The summed E-state index contributed by atoms with van der Waals surface area (Å²) in [5, 5.41) is 28.3. The number of aliphatic hydroxyl groups excluding tert-OH is 1. The van der Waals surface area contributed by atoms with Crippen LogP contribution in [0.3, 0.4) is 0 Å². The van der Waals surface area contributed by atoms with Crippen LogP contribution in [0, 0.1) is 18.3 Å².